The molecule has 1 fully saturated rings. The second kappa shape index (κ2) is 13.0. The molecule has 6 heteroatoms. The smallest absolute Gasteiger partial charge is 0.251 e. The van der Waals surface area contributed by atoms with Gasteiger partial charge in [-0.15, -0.1) is 0 Å². The van der Waals surface area contributed by atoms with Crippen LogP contribution in [-0.4, -0.2) is 42.4 Å². The van der Waals surface area contributed by atoms with Crippen molar-refractivity contribution < 1.29 is 4.79 Å². The topological polar surface area (TPSA) is 68.8 Å². The summed E-state index contributed by atoms with van der Waals surface area (Å²) in [4.78, 5) is 19.7. The Bertz CT molecular complexity index is 903. The van der Waals surface area contributed by atoms with Gasteiger partial charge in [-0.1, -0.05) is 43.3 Å². The van der Waals surface area contributed by atoms with E-state index in [2.05, 4.69) is 59.0 Å². The zero-order chi connectivity index (χ0) is 23.5. The number of benzene rings is 2. The van der Waals surface area contributed by atoms with E-state index in [4.69, 9.17) is 4.99 Å². The molecule has 0 saturated carbocycles. The van der Waals surface area contributed by atoms with Crippen LogP contribution in [-0.2, 0) is 19.6 Å². The maximum atomic E-state index is 12.4. The van der Waals surface area contributed by atoms with Gasteiger partial charge in [-0.25, -0.2) is 4.99 Å². The standard InChI is InChI=1S/C27H39N5O/c1-4-21(3)31-26(33)25-10-8-9-24(17-25)19-30-27(28-5-2)29-18-22-11-13-23(14-12-22)20-32-15-6-7-16-32/h8-14,17,21H,4-7,15-16,18-20H2,1-3H3,(H,31,33)(H2,28,29,30). The van der Waals surface area contributed by atoms with Crippen LogP contribution < -0.4 is 16.0 Å². The predicted molar refractivity (Wildman–Crippen MR) is 136 cm³/mol. The summed E-state index contributed by atoms with van der Waals surface area (Å²) >= 11 is 0. The lowest BCUT2D eigenvalue weighted by Gasteiger charge is -2.15. The summed E-state index contributed by atoms with van der Waals surface area (Å²) < 4.78 is 0. The van der Waals surface area contributed by atoms with Crippen LogP contribution in [0.5, 0.6) is 0 Å². The van der Waals surface area contributed by atoms with E-state index in [-0.39, 0.29) is 11.9 Å². The molecule has 1 aliphatic heterocycles. The number of likely N-dealkylation sites (tertiary alicyclic amines) is 1. The number of carbonyl (C=O) groups excluding carboxylic acids is 1. The Morgan fingerprint density at radius 1 is 1.00 bits per heavy atom. The molecule has 178 valence electrons. The minimum absolute atomic E-state index is 0.0339. The van der Waals surface area contributed by atoms with E-state index in [0.29, 0.717) is 18.7 Å². The molecule has 0 spiro atoms. The van der Waals surface area contributed by atoms with Crippen LogP contribution in [0, 0.1) is 0 Å². The van der Waals surface area contributed by atoms with E-state index < -0.39 is 0 Å². The van der Waals surface area contributed by atoms with Crippen molar-refractivity contribution in [2.45, 2.75) is 65.7 Å². The van der Waals surface area contributed by atoms with E-state index in [0.717, 1.165) is 31.0 Å². The third-order valence-electron chi connectivity index (χ3n) is 6.03. The quantitative estimate of drug-likeness (QED) is 0.378. The maximum absolute atomic E-state index is 12.4. The first kappa shape index (κ1) is 24.8. The van der Waals surface area contributed by atoms with Gasteiger partial charge in [-0.2, -0.15) is 0 Å². The van der Waals surface area contributed by atoms with Crippen molar-refractivity contribution in [3.05, 3.63) is 70.8 Å². The molecule has 0 bridgehead atoms. The number of aliphatic imine (C=N–C) groups is 1. The third-order valence-corrected chi connectivity index (χ3v) is 6.03. The number of carbonyl (C=O) groups is 1. The van der Waals surface area contributed by atoms with Gasteiger partial charge in [0, 0.05) is 31.2 Å². The monoisotopic (exact) mass is 449 g/mol. The summed E-state index contributed by atoms with van der Waals surface area (Å²) in [6.45, 7) is 11.6. The van der Waals surface area contributed by atoms with Gasteiger partial charge in [0.05, 0.1) is 6.54 Å². The molecular weight excluding hydrogens is 410 g/mol. The molecule has 1 unspecified atom stereocenters. The van der Waals surface area contributed by atoms with Crippen molar-refractivity contribution in [2.24, 2.45) is 4.99 Å². The van der Waals surface area contributed by atoms with Crippen molar-refractivity contribution in [1.29, 1.82) is 0 Å². The lowest BCUT2D eigenvalue weighted by atomic mass is 10.1. The Labute approximate surface area is 198 Å². The van der Waals surface area contributed by atoms with Crippen LogP contribution in [0.4, 0.5) is 0 Å². The highest BCUT2D eigenvalue weighted by molar-refractivity contribution is 5.94. The van der Waals surface area contributed by atoms with E-state index in [1.807, 2.05) is 31.2 Å². The molecule has 33 heavy (non-hydrogen) atoms. The number of guanidine groups is 1. The predicted octanol–water partition coefficient (Wildman–Crippen LogP) is 4.07. The molecule has 2 aromatic carbocycles. The molecule has 0 radical (unpaired) electrons. The van der Waals surface area contributed by atoms with Crippen molar-refractivity contribution in [2.75, 3.05) is 19.6 Å². The van der Waals surface area contributed by atoms with Crippen molar-refractivity contribution in [3.63, 3.8) is 0 Å². The van der Waals surface area contributed by atoms with Crippen LogP contribution in [0.2, 0.25) is 0 Å². The Morgan fingerprint density at radius 3 is 2.42 bits per heavy atom. The lowest BCUT2D eigenvalue weighted by molar-refractivity contribution is 0.0939. The van der Waals surface area contributed by atoms with E-state index >= 15 is 0 Å². The molecular formula is C27H39N5O. The Balaban J connectivity index is 1.55. The zero-order valence-corrected chi connectivity index (χ0v) is 20.4. The molecule has 1 amide bonds. The first-order chi connectivity index (χ1) is 16.1. The molecule has 3 N–H and O–H groups in total. The Morgan fingerprint density at radius 2 is 1.73 bits per heavy atom. The van der Waals surface area contributed by atoms with Crippen LogP contribution in [0.3, 0.4) is 0 Å². The number of hydrogen-bond acceptors (Lipinski definition) is 3. The third kappa shape index (κ3) is 8.21. The second-order valence-corrected chi connectivity index (χ2v) is 8.83. The molecule has 1 aliphatic rings. The largest absolute Gasteiger partial charge is 0.357 e. The highest BCUT2D eigenvalue weighted by Crippen LogP contribution is 2.13. The fraction of sp³-hybridized carbons (Fsp3) is 0.481. The molecule has 1 atom stereocenters. The number of nitrogens with zero attached hydrogens (tertiary/aromatic N) is 2. The van der Waals surface area contributed by atoms with E-state index in [9.17, 15) is 4.79 Å². The molecule has 0 aromatic heterocycles. The number of rotatable bonds is 10. The van der Waals surface area contributed by atoms with Gasteiger partial charge in [-0.05, 0) is 75.0 Å². The second-order valence-electron chi connectivity index (χ2n) is 8.83. The maximum Gasteiger partial charge on any atom is 0.251 e. The summed E-state index contributed by atoms with van der Waals surface area (Å²) in [6.07, 6.45) is 3.56. The van der Waals surface area contributed by atoms with Crippen molar-refractivity contribution >= 4 is 11.9 Å². The van der Waals surface area contributed by atoms with Gasteiger partial charge in [0.25, 0.3) is 5.91 Å². The molecule has 1 heterocycles. The van der Waals surface area contributed by atoms with Gasteiger partial charge in [0.1, 0.15) is 0 Å². The lowest BCUT2D eigenvalue weighted by Crippen LogP contribution is -2.36. The van der Waals surface area contributed by atoms with Gasteiger partial charge >= 0.3 is 0 Å². The van der Waals surface area contributed by atoms with Crippen LogP contribution in [0.1, 0.15) is 67.1 Å². The summed E-state index contributed by atoms with van der Waals surface area (Å²) in [5.41, 5.74) is 4.29. The Hall–Kier alpha value is -2.86. The van der Waals surface area contributed by atoms with Crippen LogP contribution in [0.25, 0.3) is 0 Å². The van der Waals surface area contributed by atoms with Gasteiger partial charge in [0.15, 0.2) is 5.96 Å². The number of amides is 1. The SMILES string of the molecule is CCNC(=NCc1cccc(C(=O)NC(C)CC)c1)NCc1ccc(CN2CCCC2)cc1. The summed E-state index contributed by atoms with van der Waals surface area (Å²) in [6, 6.07) is 16.7. The average Bonchev–Trinajstić information content (AvgIpc) is 3.35. The first-order valence-corrected chi connectivity index (χ1v) is 12.3. The van der Waals surface area contributed by atoms with Gasteiger partial charge < -0.3 is 16.0 Å². The molecule has 3 rings (SSSR count). The molecule has 2 aromatic rings. The minimum atomic E-state index is -0.0339. The highest BCUT2D eigenvalue weighted by Gasteiger charge is 2.12. The summed E-state index contributed by atoms with van der Waals surface area (Å²) in [7, 11) is 0. The molecule has 6 nitrogen and oxygen atoms in total. The first-order valence-electron chi connectivity index (χ1n) is 12.3. The van der Waals surface area contributed by atoms with Crippen molar-refractivity contribution in [3.8, 4) is 0 Å². The molecule has 0 aliphatic carbocycles. The van der Waals surface area contributed by atoms with Crippen LogP contribution >= 0.6 is 0 Å². The van der Waals surface area contributed by atoms with E-state index in [1.54, 1.807) is 0 Å². The normalized spacial score (nSPS) is 15.3. The summed E-state index contributed by atoms with van der Waals surface area (Å²) in [5.74, 6) is 0.737. The summed E-state index contributed by atoms with van der Waals surface area (Å²) in [5, 5.41) is 9.75. The highest BCUT2D eigenvalue weighted by atomic mass is 16.1. The van der Waals surface area contributed by atoms with Gasteiger partial charge in [0.2, 0.25) is 0 Å². The molecule has 1 saturated heterocycles. The van der Waals surface area contributed by atoms with Gasteiger partial charge in [-0.3, -0.25) is 9.69 Å². The average molecular weight is 450 g/mol. The number of hydrogen-bond donors (Lipinski definition) is 3. The Kier molecular flexibility index (Phi) is 9.76. The zero-order valence-electron chi connectivity index (χ0n) is 20.4. The number of nitrogens with one attached hydrogen (secondary N) is 3. The van der Waals surface area contributed by atoms with Crippen molar-refractivity contribution in [1.82, 2.24) is 20.9 Å². The fourth-order valence-corrected chi connectivity index (χ4v) is 3.88. The van der Waals surface area contributed by atoms with Crippen LogP contribution in [0.15, 0.2) is 53.5 Å². The van der Waals surface area contributed by atoms with E-state index in [1.165, 1.54) is 37.1 Å². The fourth-order valence-electron chi connectivity index (χ4n) is 3.88. The minimum Gasteiger partial charge on any atom is -0.357 e.